The largest absolute Gasteiger partial charge is 0.336 e. The van der Waals surface area contributed by atoms with E-state index >= 15 is 0 Å². The number of fused-ring (bicyclic) bond motifs is 1. The molecule has 0 fully saturated rings. The van der Waals surface area contributed by atoms with Crippen molar-refractivity contribution < 1.29 is 26.3 Å². The van der Waals surface area contributed by atoms with Crippen molar-refractivity contribution in [2.45, 2.75) is 0 Å². The van der Waals surface area contributed by atoms with Gasteiger partial charge in [-0.05, 0) is 36.5 Å². The molecule has 2 N–H and O–H groups in total. The Morgan fingerprint density at radius 2 is 1.30 bits per heavy atom. The van der Waals surface area contributed by atoms with Gasteiger partial charge in [-0.15, -0.1) is 0 Å². The number of halogens is 6. The van der Waals surface area contributed by atoms with Crippen molar-refractivity contribution >= 4 is 36.0 Å². The van der Waals surface area contributed by atoms with E-state index in [0.29, 0.717) is 24.3 Å². The highest BCUT2D eigenvalue weighted by molar-refractivity contribution is 7.71. The first-order valence-electron chi connectivity index (χ1n) is 8.15. The third-order valence-corrected chi connectivity index (χ3v) is 4.41. The van der Waals surface area contributed by atoms with Gasteiger partial charge in [0.25, 0.3) is 0 Å². The molecule has 0 amide bonds. The molecule has 30 heavy (non-hydrogen) atoms. The predicted octanol–water partition coefficient (Wildman–Crippen LogP) is 3.96. The summed E-state index contributed by atoms with van der Waals surface area (Å²) in [6, 6.07) is 2.63. The lowest BCUT2D eigenvalue weighted by molar-refractivity contribution is 0.446. The zero-order valence-corrected chi connectivity index (χ0v) is 15.4. The van der Waals surface area contributed by atoms with Crippen LogP contribution in [0, 0.1) is 39.7 Å². The van der Waals surface area contributed by atoms with E-state index in [-0.39, 0.29) is 43.8 Å². The highest BCUT2D eigenvalue weighted by Gasteiger charge is 2.23. The van der Waals surface area contributed by atoms with Gasteiger partial charge in [-0.3, -0.25) is 0 Å². The monoisotopic (exact) mass is 438 g/mol. The molecule has 152 valence electrons. The van der Waals surface area contributed by atoms with E-state index in [4.69, 9.17) is 12.2 Å². The molecule has 0 atom stereocenters. The molecule has 2 heterocycles. The van der Waals surface area contributed by atoms with Crippen molar-refractivity contribution in [3.05, 3.63) is 85.8 Å². The lowest BCUT2D eigenvalue weighted by atomic mass is 10.0. The van der Waals surface area contributed by atoms with Crippen LogP contribution in [-0.4, -0.2) is 9.97 Å². The second-order valence-corrected chi connectivity index (χ2v) is 6.57. The fraction of sp³-hybridized carbons (Fsp3) is 0. The molecule has 0 unspecified atom stereocenters. The summed E-state index contributed by atoms with van der Waals surface area (Å²) in [5.74, 6) is -9.38. The predicted molar refractivity (Wildman–Crippen MR) is 98.8 cm³/mol. The molecule has 1 aliphatic rings. The number of hydrogen-bond donors (Lipinski definition) is 2. The molecular formula is C19H8F6N4S. The molecule has 0 aliphatic carbocycles. The van der Waals surface area contributed by atoms with E-state index < -0.39 is 34.9 Å². The van der Waals surface area contributed by atoms with Gasteiger partial charge in [0.2, 0.25) is 0 Å². The standard InChI is InChI=1S/C19H8F6N4S/c1-6-15-18(29-19(30)26-6)28-17(8-4-11(22)14(25)12(23)5-8)16(27-15)7-2-9(20)13(24)10(21)3-7/h2-5H,1H2,(H2,26,28,29,30). The second-order valence-electron chi connectivity index (χ2n) is 6.19. The Morgan fingerprint density at radius 3 is 1.83 bits per heavy atom. The van der Waals surface area contributed by atoms with Gasteiger partial charge in [0.1, 0.15) is 5.36 Å². The summed E-state index contributed by atoms with van der Waals surface area (Å²) in [5.41, 5.74) is -0.889. The van der Waals surface area contributed by atoms with E-state index in [2.05, 4.69) is 26.9 Å². The third kappa shape index (κ3) is 3.26. The van der Waals surface area contributed by atoms with Crippen LogP contribution in [0.4, 0.5) is 32.2 Å². The molecule has 1 aromatic heterocycles. The molecule has 4 rings (SSSR count). The van der Waals surface area contributed by atoms with Crippen molar-refractivity contribution in [3.8, 4) is 0 Å². The number of benzene rings is 2. The van der Waals surface area contributed by atoms with Gasteiger partial charge in [0.15, 0.2) is 45.5 Å². The number of hydrogen-bond acceptors (Lipinski definition) is 4. The average molecular weight is 438 g/mol. The van der Waals surface area contributed by atoms with Crippen LogP contribution in [0.15, 0.2) is 29.3 Å². The average Bonchev–Trinajstić information content (AvgIpc) is 2.68. The van der Waals surface area contributed by atoms with Gasteiger partial charge in [0.05, 0.1) is 16.7 Å². The SMILES string of the molecule is C=c1[nH]c(=S)nc2c1=NC(c1cc(F)c(F)c(F)c1)=C(c1cc(F)c(F)c(F)c1)N2. The van der Waals surface area contributed by atoms with Crippen molar-refractivity contribution in [3.63, 3.8) is 0 Å². The van der Waals surface area contributed by atoms with E-state index in [1.807, 2.05) is 0 Å². The normalized spacial score (nSPS) is 13.0. The summed E-state index contributed by atoms with van der Waals surface area (Å²) >= 11 is 4.96. The Labute approximate surface area is 168 Å². The summed E-state index contributed by atoms with van der Waals surface area (Å²) in [4.78, 5) is 10.9. The summed E-state index contributed by atoms with van der Waals surface area (Å²) in [7, 11) is 0. The van der Waals surface area contributed by atoms with E-state index in [1.165, 1.54) is 0 Å². The molecule has 0 bridgehead atoms. The van der Waals surface area contributed by atoms with Crippen LogP contribution in [0.25, 0.3) is 18.0 Å². The van der Waals surface area contributed by atoms with Crippen molar-refractivity contribution in [2.75, 3.05) is 5.32 Å². The van der Waals surface area contributed by atoms with Crippen molar-refractivity contribution in [2.24, 2.45) is 4.99 Å². The quantitative estimate of drug-likeness (QED) is 0.362. The van der Waals surface area contributed by atoms with Crippen LogP contribution >= 0.6 is 12.2 Å². The van der Waals surface area contributed by atoms with Crippen LogP contribution in [0.2, 0.25) is 0 Å². The van der Waals surface area contributed by atoms with Crippen LogP contribution in [0.3, 0.4) is 0 Å². The van der Waals surface area contributed by atoms with Gasteiger partial charge in [-0.1, -0.05) is 6.58 Å². The van der Waals surface area contributed by atoms with E-state index in [1.54, 1.807) is 0 Å². The molecular weight excluding hydrogens is 430 g/mol. The minimum Gasteiger partial charge on any atom is -0.336 e. The number of aromatic amines is 1. The second kappa shape index (κ2) is 7.10. The minimum atomic E-state index is -1.70. The Bertz CT molecular complexity index is 1380. The van der Waals surface area contributed by atoms with Crippen molar-refractivity contribution in [1.82, 2.24) is 9.97 Å². The van der Waals surface area contributed by atoms with Crippen LogP contribution in [0.5, 0.6) is 0 Å². The number of nitrogens with one attached hydrogen (secondary N) is 2. The fourth-order valence-electron chi connectivity index (χ4n) is 2.88. The number of rotatable bonds is 2. The highest BCUT2D eigenvalue weighted by atomic mass is 32.1. The first-order valence-corrected chi connectivity index (χ1v) is 8.55. The molecule has 0 saturated carbocycles. The minimum absolute atomic E-state index is 0.0135. The van der Waals surface area contributed by atoms with E-state index in [9.17, 15) is 26.3 Å². The molecule has 0 radical (unpaired) electrons. The molecule has 4 nitrogen and oxygen atoms in total. The Morgan fingerprint density at radius 1 is 0.800 bits per heavy atom. The fourth-order valence-corrected chi connectivity index (χ4v) is 3.09. The summed E-state index contributed by atoms with van der Waals surface area (Å²) < 4.78 is 82.1. The first-order chi connectivity index (χ1) is 14.2. The van der Waals surface area contributed by atoms with Crippen LogP contribution in [0.1, 0.15) is 11.1 Å². The number of aromatic nitrogens is 2. The third-order valence-electron chi connectivity index (χ3n) is 4.21. The number of anilines is 1. The highest BCUT2D eigenvalue weighted by Crippen LogP contribution is 2.32. The molecule has 3 aromatic rings. The van der Waals surface area contributed by atoms with Crippen molar-refractivity contribution in [1.29, 1.82) is 0 Å². The number of H-pyrrole nitrogens is 1. The van der Waals surface area contributed by atoms with Gasteiger partial charge in [-0.2, -0.15) is 0 Å². The lowest BCUT2D eigenvalue weighted by Crippen LogP contribution is -2.34. The maximum Gasteiger partial charge on any atom is 0.199 e. The topological polar surface area (TPSA) is 53.1 Å². The van der Waals surface area contributed by atoms with Gasteiger partial charge < -0.3 is 10.3 Å². The summed E-state index contributed by atoms with van der Waals surface area (Å²) in [6.45, 7) is 3.71. The Hall–Kier alpha value is -3.47. The van der Waals surface area contributed by atoms with Gasteiger partial charge in [-0.25, -0.2) is 36.3 Å². The Balaban J connectivity index is 2.09. The van der Waals surface area contributed by atoms with Crippen LogP contribution < -0.4 is 16.0 Å². The van der Waals surface area contributed by atoms with E-state index in [0.717, 1.165) is 0 Å². The smallest absolute Gasteiger partial charge is 0.199 e. The summed E-state index contributed by atoms with van der Waals surface area (Å²) in [5, 5.41) is 3.01. The lowest BCUT2D eigenvalue weighted by Gasteiger charge is -2.20. The first kappa shape index (κ1) is 19.8. The van der Waals surface area contributed by atoms with Gasteiger partial charge >= 0.3 is 0 Å². The Kier molecular flexibility index (Phi) is 4.69. The molecule has 11 heteroatoms. The molecule has 2 aromatic carbocycles. The zero-order chi connectivity index (χ0) is 21.7. The maximum atomic E-state index is 13.8. The molecule has 1 aliphatic heterocycles. The maximum absolute atomic E-state index is 13.8. The van der Waals surface area contributed by atoms with Gasteiger partial charge in [0, 0.05) is 11.1 Å². The summed E-state index contributed by atoms with van der Waals surface area (Å²) in [6.07, 6.45) is 0. The van der Waals surface area contributed by atoms with Crippen LogP contribution in [-0.2, 0) is 0 Å². The zero-order valence-electron chi connectivity index (χ0n) is 14.6. The number of nitrogens with zero attached hydrogens (tertiary/aromatic N) is 2. The molecule has 0 spiro atoms. The molecule has 0 saturated heterocycles.